The quantitative estimate of drug-likeness (QED) is 0.824. The van der Waals surface area contributed by atoms with Gasteiger partial charge in [0, 0.05) is 29.2 Å². The number of halogens is 2. The molecule has 0 saturated carbocycles. The van der Waals surface area contributed by atoms with E-state index in [4.69, 9.17) is 21.1 Å². The molecule has 0 bridgehead atoms. The molecule has 0 aliphatic heterocycles. The van der Waals surface area contributed by atoms with Crippen LogP contribution in [0.3, 0.4) is 0 Å². The highest BCUT2D eigenvalue weighted by molar-refractivity contribution is 6.30. The molecule has 3 nitrogen and oxygen atoms in total. The highest BCUT2D eigenvalue weighted by Gasteiger charge is 2.13. The van der Waals surface area contributed by atoms with Crippen LogP contribution in [0.25, 0.3) is 0 Å². The standard InChI is InChI=1S/C14H22ClNO2.ClH/c1-5-10(3)16-9-11-7-12(15)8-13(17-4)14(11)18-6-2;/h7-8,10,16H,5-6,9H2,1-4H3;1H. The van der Waals surface area contributed by atoms with Gasteiger partial charge in [-0.15, -0.1) is 12.4 Å². The van der Waals surface area contributed by atoms with Crippen molar-refractivity contribution in [1.82, 2.24) is 5.32 Å². The summed E-state index contributed by atoms with van der Waals surface area (Å²) >= 11 is 6.09. The van der Waals surface area contributed by atoms with Crippen molar-refractivity contribution in [3.63, 3.8) is 0 Å². The zero-order valence-corrected chi connectivity index (χ0v) is 13.5. The Kier molecular flexibility index (Phi) is 8.98. The van der Waals surface area contributed by atoms with Crippen LogP contribution in [0, 0.1) is 0 Å². The van der Waals surface area contributed by atoms with Crippen molar-refractivity contribution in [1.29, 1.82) is 0 Å². The van der Waals surface area contributed by atoms with Gasteiger partial charge in [-0.25, -0.2) is 0 Å². The third-order valence-electron chi connectivity index (χ3n) is 2.86. The summed E-state index contributed by atoms with van der Waals surface area (Å²) in [5.41, 5.74) is 1.03. The van der Waals surface area contributed by atoms with E-state index in [1.807, 2.05) is 13.0 Å². The summed E-state index contributed by atoms with van der Waals surface area (Å²) in [4.78, 5) is 0. The van der Waals surface area contributed by atoms with Crippen molar-refractivity contribution < 1.29 is 9.47 Å². The number of nitrogens with one attached hydrogen (secondary N) is 1. The van der Waals surface area contributed by atoms with E-state index >= 15 is 0 Å². The SMILES string of the molecule is CCOc1c(CNC(C)CC)cc(Cl)cc1OC.Cl. The first-order valence-electron chi connectivity index (χ1n) is 6.34. The van der Waals surface area contributed by atoms with Crippen LogP contribution in [0.4, 0.5) is 0 Å². The molecular formula is C14H23Cl2NO2. The highest BCUT2D eigenvalue weighted by atomic mass is 35.5. The van der Waals surface area contributed by atoms with Crippen LogP contribution < -0.4 is 14.8 Å². The summed E-state index contributed by atoms with van der Waals surface area (Å²) in [6, 6.07) is 4.16. The summed E-state index contributed by atoms with van der Waals surface area (Å²) in [5.74, 6) is 1.46. The molecule has 0 heterocycles. The molecule has 110 valence electrons. The zero-order chi connectivity index (χ0) is 13.5. The second kappa shape index (κ2) is 9.29. The van der Waals surface area contributed by atoms with Crippen LogP contribution in [-0.4, -0.2) is 19.8 Å². The average Bonchev–Trinajstić information content (AvgIpc) is 2.38. The van der Waals surface area contributed by atoms with Crippen LogP contribution in [0.2, 0.25) is 5.02 Å². The van der Waals surface area contributed by atoms with Gasteiger partial charge in [0.25, 0.3) is 0 Å². The first-order valence-corrected chi connectivity index (χ1v) is 6.72. The third kappa shape index (κ3) is 5.47. The number of hydrogen-bond donors (Lipinski definition) is 1. The number of benzene rings is 1. The summed E-state index contributed by atoms with van der Waals surface area (Å²) in [6.45, 7) is 7.59. The fourth-order valence-corrected chi connectivity index (χ4v) is 1.87. The van der Waals surface area contributed by atoms with E-state index in [0.29, 0.717) is 23.4 Å². The highest BCUT2D eigenvalue weighted by Crippen LogP contribution is 2.34. The predicted octanol–water partition coefficient (Wildman–Crippen LogP) is 4.06. The molecule has 1 atom stereocenters. The Balaban J connectivity index is 0.00000324. The molecule has 19 heavy (non-hydrogen) atoms. The molecule has 1 aromatic rings. The van der Waals surface area contributed by atoms with Gasteiger partial charge in [-0.2, -0.15) is 0 Å². The van der Waals surface area contributed by atoms with Crippen molar-refractivity contribution in [2.24, 2.45) is 0 Å². The van der Waals surface area contributed by atoms with Crippen molar-refractivity contribution in [2.45, 2.75) is 39.8 Å². The van der Waals surface area contributed by atoms with Gasteiger partial charge in [-0.1, -0.05) is 18.5 Å². The Morgan fingerprint density at radius 3 is 2.53 bits per heavy atom. The summed E-state index contributed by atoms with van der Waals surface area (Å²) in [7, 11) is 1.63. The molecule has 0 amide bonds. The maximum absolute atomic E-state index is 6.09. The first-order chi connectivity index (χ1) is 8.62. The molecule has 1 unspecified atom stereocenters. The minimum Gasteiger partial charge on any atom is -0.493 e. The van der Waals surface area contributed by atoms with E-state index in [2.05, 4.69) is 19.2 Å². The molecule has 0 spiro atoms. The second-order valence-corrected chi connectivity index (χ2v) is 4.66. The van der Waals surface area contributed by atoms with E-state index < -0.39 is 0 Å². The fraction of sp³-hybridized carbons (Fsp3) is 0.571. The Hall–Kier alpha value is -0.640. The Bertz CT molecular complexity index is 386. The van der Waals surface area contributed by atoms with Crippen LogP contribution in [0.5, 0.6) is 11.5 Å². The van der Waals surface area contributed by atoms with Gasteiger partial charge < -0.3 is 14.8 Å². The van der Waals surface area contributed by atoms with E-state index in [1.54, 1.807) is 13.2 Å². The van der Waals surface area contributed by atoms with Gasteiger partial charge in [-0.3, -0.25) is 0 Å². The second-order valence-electron chi connectivity index (χ2n) is 4.22. The number of ether oxygens (including phenoxy) is 2. The van der Waals surface area contributed by atoms with E-state index in [-0.39, 0.29) is 12.4 Å². The van der Waals surface area contributed by atoms with Crippen LogP contribution in [0.15, 0.2) is 12.1 Å². The number of methoxy groups -OCH3 is 1. The normalized spacial score (nSPS) is 11.6. The Morgan fingerprint density at radius 1 is 1.32 bits per heavy atom. The number of rotatable bonds is 7. The molecule has 0 aliphatic carbocycles. The third-order valence-corrected chi connectivity index (χ3v) is 3.08. The molecule has 0 aromatic heterocycles. The summed E-state index contributed by atoms with van der Waals surface area (Å²) in [6.07, 6.45) is 1.08. The molecule has 1 rings (SSSR count). The Morgan fingerprint density at radius 2 is 2.00 bits per heavy atom. The average molecular weight is 308 g/mol. The van der Waals surface area contributed by atoms with Gasteiger partial charge in [-0.05, 0) is 26.3 Å². The molecule has 0 aliphatic rings. The van der Waals surface area contributed by atoms with Gasteiger partial charge in [0.05, 0.1) is 13.7 Å². The van der Waals surface area contributed by atoms with Crippen molar-refractivity contribution in [3.8, 4) is 11.5 Å². The molecule has 1 N–H and O–H groups in total. The maximum Gasteiger partial charge on any atom is 0.165 e. The number of hydrogen-bond acceptors (Lipinski definition) is 3. The van der Waals surface area contributed by atoms with Gasteiger partial charge >= 0.3 is 0 Å². The van der Waals surface area contributed by atoms with Crippen LogP contribution in [0.1, 0.15) is 32.8 Å². The van der Waals surface area contributed by atoms with Gasteiger partial charge in [0.1, 0.15) is 0 Å². The fourth-order valence-electron chi connectivity index (χ4n) is 1.64. The van der Waals surface area contributed by atoms with Gasteiger partial charge in [0.15, 0.2) is 11.5 Å². The lowest BCUT2D eigenvalue weighted by Crippen LogP contribution is -2.24. The Labute approximate surface area is 127 Å². The van der Waals surface area contributed by atoms with Crippen LogP contribution in [-0.2, 0) is 6.54 Å². The monoisotopic (exact) mass is 307 g/mol. The minimum atomic E-state index is 0. The van der Waals surface area contributed by atoms with Crippen molar-refractivity contribution in [2.75, 3.05) is 13.7 Å². The van der Waals surface area contributed by atoms with E-state index in [9.17, 15) is 0 Å². The molecule has 5 heteroatoms. The largest absolute Gasteiger partial charge is 0.493 e. The molecule has 0 saturated heterocycles. The topological polar surface area (TPSA) is 30.5 Å². The molecule has 0 fully saturated rings. The molecule has 0 radical (unpaired) electrons. The smallest absolute Gasteiger partial charge is 0.165 e. The lowest BCUT2D eigenvalue weighted by Gasteiger charge is -2.17. The summed E-state index contributed by atoms with van der Waals surface area (Å²) < 4.78 is 11.0. The summed E-state index contributed by atoms with van der Waals surface area (Å²) in [5, 5.41) is 4.09. The van der Waals surface area contributed by atoms with Crippen molar-refractivity contribution in [3.05, 3.63) is 22.7 Å². The predicted molar refractivity (Wildman–Crippen MR) is 83.0 cm³/mol. The maximum atomic E-state index is 6.09. The van der Waals surface area contributed by atoms with E-state index in [1.165, 1.54) is 0 Å². The first kappa shape index (κ1) is 18.4. The zero-order valence-electron chi connectivity index (χ0n) is 12.0. The lowest BCUT2D eigenvalue weighted by molar-refractivity contribution is 0.306. The molecular weight excluding hydrogens is 285 g/mol. The van der Waals surface area contributed by atoms with Gasteiger partial charge in [0.2, 0.25) is 0 Å². The van der Waals surface area contributed by atoms with E-state index in [0.717, 1.165) is 24.3 Å². The minimum absolute atomic E-state index is 0. The van der Waals surface area contributed by atoms with Crippen LogP contribution >= 0.6 is 24.0 Å². The van der Waals surface area contributed by atoms with Crippen molar-refractivity contribution >= 4 is 24.0 Å². The molecule has 1 aromatic carbocycles. The lowest BCUT2D eigenvalue weighted by atomic mass is 10.1.